The van der Waals surface area contributed by atoms with Crippen LogP contribution in [0, 0.1) is 10.1 Å². The van der Waals surface area contributed by atoms with Crippen molar-refractivity contribution in [3.63, 3.8) is 0 Å². The molecule has 116 valence electrons. The molecule has 0 amide bonds. The standard InChI is InChI=1S/C14H23N5O2/c1-3-4-8-15-13-12(19(20)21)14(17-10-16-13)18-9-6-5-7-11(18)2/h10-11H,3-9H2,1-2H3,(H,15,16,17). The highest BCUT2D eigenvalue weighted by atomic mass is 16.6. The molecule has 7 heteroatoms. The lowest BCUT2D eigenvalue weighted by Gasteiger charge is -2.33. The predicted octanol–water partition coefficient (Wildman–Crippen LogP) is 2.98. The molecule has 7 nitrogen and oxygen atoms in total. The maximum atomic E-state index is 11.5. The Hall–Kier alpha value is -1.92. The molecular weight excluding hydrogens is 270 g/mol. The van der Waals surface area contributed by atoms with Crippen LogP contribution < -0.4 is 10.2 Å². The summed E-state index contributed by atoms with van der Waals surface area (Å²) in [7, 11) is 0. The molecule has 2 heterocycles. The van der Waals surface area contributed by atoms with E-state index in [1.54, 1.807) is 0 Å². The molecular formula is C14H23N5O2. The number of rotatable bonds is 6. The van der Waals surface area contributed by atoms with Crippen LogP contribution in [0.15, 0.2) is 6.33 Å². The van der Waals surface area contributed by atoms with Crippen LogP contribution in [0.2, 0.25) is 0 Å². The largest absolute Gasteiger partial charge is 0.364 e. The van der Waals surface area contributed by atoms with Crippen LogP contribution in [0.3, 0.4) is 0 Å². The smallest absolute Gasteiger partial charge is 0.353 e. The molecule has 1 aromatic rings. The zero-order valence-corrected chi connectivity index (χ0v) is 12.7. The quantitative estimate of drug-likeness (QED) is 0.493. The molecule has 2 rings (SSSR count). The molecule has 0 radical (unpaired) electrons. The van der Waals surface area contributed by atoms with Gasteiger partial charge in [0.05, 0.1) is 4.92 Å². The van der Waals surface area contributed by atoms with Crippen molar-refractivity contribution in [1.29, 1.82) is 0 Å². The normalized spacial score (nSPS) is 18.6. The molecule has 0 bridgehead atoms. The van der Waals surface area contributed by atoms with E-state index in [2.05, 4.69) is 29.1 Å². The molecule has 1 atom stereocenters. The number of nitrogens with one attached hydrogen (secondary N) is 1. The van der Waals surface area contributed by atoms with E-state index in [4.69, 9.17) is 0 Å². The second-order valence-electron chi connectivity index (χ2n) is 5.47. The lowest BCUT2D eigenvalue weighted by molar-refractivity contribution is -0.383. The Morgan fingerprint density at radius 1 is 1.48 bits per heavy atom. The molecule has 0 aromatic carbocycles. The Kier molecular flexibility index (Phi) is 5.30. The minimum atomic E-state index is -0.370. The molecule has 1 aliphatic rings. The van der Waals surface area contributed by atoms with Crippen molar-refractivity contribution in [3.8, 4) is 0 Å². The Morgan fingerprint density at radius 3 is 2.95 bits per heavy atom. The summed E-state index contributed by atoms with van der Waals surface area (Å²) in [6, 6.07) is 0.274. The first kappa shape index (κ1) is 15.5. The second kappa shape index (κ2) is 7.19. The van der Waals surface area contributed by atoms with Gasteiger partial charge in [0.15, 0.2) is 0 Å². The lowest BCUT2D eigenvalue weighted by Crippen LogP contribution is -2.38. The number of nitro groups is 1. The summed E-state index contributed by atoms with van der Waals surface area (Å²) < 4.78 is 0. The van der Waals surface area contributed by atoms with Gasteiger partial charge in [0.1, 0.15) is 6.33 Å². The first-order valence-electron chi connectivity index (χ1n) is 7.65. The van der Waals surface area contributed by atoms with Gasteiger partial charge in [-0.05, 0) is 32.6 Å². The fourth-order valence-electron chi connectivity index (χ4n) is 2.67. The predicted molar refractivity (Wildman–Crippen MR) is 82.7 cm³/mol. The molecule has 0 aliphatic carbocycles. The number of anilines is 2. The summed E-state index contributed by atoms with van der Waals surface area (Å²) in [6.45, 7) is 5.67. The lowest BCUT2D eigenvalue weighted by atomic mass is 10.0. The van der Waals surface area contributed by atoms with E-state index in [0.717, 1.165) is 38.6 Å². The van der Waals surface area contributed by atoms with Crippen molar-refractivity contribution in [2.45, 2.75) is 52.0 Å². The van der Waals surface area contributed by atoms with Crippen LogP contribution in [0.4, 0.5) is 17.3 Å². The average molecular weight is 293 g/mol. The summed E-state index contributed by atoms with van der Waals surface area (Å²) in [6.07, 6.45) is 6.65. The summed E-state index contributed by atoms with van der Waals surface area (Å²) in [5.41, 5.74) is 0.00218. The van der Waals surface area contributed by atoms with Gasteiger partial charge in [0.2, 0.25) is 11.6 Å². The van der Waals surface area contributed by atoms with Gasteiger partial charge in [-0.3, -0.25) is 10.1 Å². The minimum absolute atomic E-state index is 0.00218. The number of nitrogens with zero attached hydrogens (tertiary/aromatic N) is 4. The third kappa shape index (κ3) is 3.59. The van der Waals surface area contributed by atoms with E-state index in [1.807, 2.05) is 4.90 Å². The van der Waals surface area contributed by atoms with E-state index in [9.17, 15) is 10.1 Å². The van der Waals surface area contributed by atoms with E-state index < -0.39 is 0 Å². The van der Waals surface area contributed by atoms with Gasteiger partial charge in [-0.1, -0.05) is 13.3 Å². The first-order valence-corrected chi connectivity index (χ1v) is 7.65. The van der Waals surface area contributed by atoms with Crippen molar-refractivity contribution < 1.29 is 4.92 Å². The SMILES string of the molecule is CCCCNc1ncnc(N2CCCCC2C)c1[N+](=O)[O-]. The maximum absolute atomic E-state index is 11.5. The number of hydrogen-bond donors (Lipinski definition) is 1. The molecule has 1 unspecified atom stereocenters. The van der Waals surface area contributed by atoms with Crippen LogP contribution in [0.5, 0.6) is 0 Å². The molecule has 1 saturated heterocycles. The zero-order chi connectivity index (χ0) is 15.2. The maximum Gasteiger partial charge on any atom is 0.353 e. The highest BCUT2D eigenvalue weighted by Gasteiger charge is 2.30. The van der Waals surface area contributed by atoms with Crippen molar-refractivity contribution >= 4 is 17.3 Å². The molecule has 0 spiro atoms. The highest BCUT2D eigenvalue weighted by molar-refractivity contribution is 5.70. The molecule has 1 N–H and O–H groups in total. The fourth-order valence-corrected chi connectivity index (χ4v) is 2.67. The Balaban J connectivity index is 2.31. The van der Waals surface area contributed by atoms with Gasteiger partial charge >= 0.3 is 5.69 Å². The van der Waals surface area contributed by atoms with Gasteiger partial charge in [0, 0.05) is 19.1 Å². The Labute approximate surface area is 124 Å². The number of aromatic nitrogens is 2. The summed E-state index contributed by atoms with van der Waals surface area (Å²) in [4.78, 5) is 21.4. The number of piperidine rings is 1. The first-order chi connectivity index (χ1) is 10.1. The monoisotopic (exact) mass is 293 g/mol. The van der Waals surface area contributed by atoms with E-state index in [1.165, 1.54) is 6.33 Å². The van der Waals surface area contributed by atoms with Crippen LogP contribution in [0.1, 0.15) is 46.0 Å². The third-order valence-corrected chi connectivity index (χ3v) is 3.88. The fraction of sp³-hybridized carbons (Fsp3) is 0.714. The summed E-state index contributed by atoms with van der Waals surface area (Å²) in [5.74, 6) is 0.775. The van der Waals surface area contributed by atoms with Crippen molar-refractivity contribution in [2.75, 3.05) is 23.3 Å². The topological polar surface area (TPSA) is 84.2 Å². The van der Waals surface area contributed by atoms with Gasteiger partial charge in [-0.15, -0.1) is 0 Å². The number of unbranched alkanes of at least 4 members (excludes halogenated alkanes) is 1. The third-order valence-electron chi connectivity index (χ3n) is 3.88. The minimum Gasteiger partial charge on any atom is -0.364 e. The second-order valence-corrected chi connectivity index (χ2v) is 5.47. The average Bonchev–Trinajstić information content (AvgIpc) is 2.47. The van der Waals surface area contributed by atoms with Crippen molar-refractivity contribution in [2.24, 2.45) is 0 Å². The molecule has 21 heavy (non-hydrogen) atoms. The van der Waals surface area contributed by atoms with Crippen molar-refractivity contribution in [1.82, 2.24) is 9.97 Å². The zero-order valence-electron chi connectivity index (χ0n) is 12.7. The summed E-state index contributed by atoms with van der Waals surface area (Å²) >= 11 is 0. The highest BCUT2D eigenvalue weighted by Crippen LogP contribution is 2.34. The van der Waals surface area contributed by atoms with Crippen LogP contribution in [-0.2, 0) is 0 Å². The van der Waals surface area contributed by atoms with E-state index in [0.29, 0.717) is 18.2 Å². The summed E-state index contributed by atoms with van der Waals surface area (Å²) in [5, 5.41) is 14.6. The van der Waals surface area contributed by atoms with Gasteiger partial charge in [0.25, 0.3) is 0 Å². The molecule has 1 fully saturated rings. The van der Waals surface area contributed by atoms with Crippen molar-refractivity contribution in [3.05, 3.63) is 16.4 Å². The van der Waals surface area contributed by atoms with Crippen LogP contribution in [0.25, 0.3) is 0 Å². The Bertz CT molecular complexity index is 494. The number of hydrogen-bond acceptors (Lipinski definition) is 6. The van der Waals surface area contributed by atoms with Crippen LogP contribution in [-0.4, -0.2) is 34.0 Å². The molecule has 1 aromatic heterocycles. The van der Waals surface area contributed by atoms with Crippen LogP contribution >= 0.6 is 0 Å². The Morgan fingerprint density at radius 2 is 2.29 bits per heavy atom. The van der Waals surface area contributed by atoms with Gasteiger partial charge in [-0.2, -0.15) is 0 Å². The molecule has 0 saturated carbocycles. The van der Waals surface area contributed by atoms with Gasteiger partial charge < -0.3 is 10.2 Å². The van der Waals surface area contributed by atoms with Gasteiger partial charge in [-0.25, -0.2) is 9.97 Å². The van der Waals surface area contributed by atoms with E-state index >= 15 is 0 Å². The van der Waals surface area contributed by atoms with E-state index in [-0.39, 0.29) is 16.7 Å². The molecule has 1 aliphatic heterocycles.